The van der Waals surface area contributed by atoms with Gasteiger partial charge in [-0.05, 0) is 32.1 Å². The molecule has 0 saturated carbocycles. The van der Waals surface area contributed by atoms with E-state index in [0.717, 1.165) is 51.4 Å². The van der Waals surface area contributed by atoms with Crippen LogP contribution in [0.4, 0.5) is 0 Å². The zero-order chi connectivity index (χ0) is 27.4. The van der Waals surface area contributed by atoms with Crippen LogP contribution in [0.1, 0.15) is 168 Å². The minimum absolute atomic E-state index is 0.0283. The number of unbranched alkanes of at least 4 members (excludes halogenated alkanes) is 17. The number of ether oxygens (including phenoxy) is 1. The van der Waals surface area contributed by atoms with Gasteiger partial charge in [-0.25, -0.2) is 0 Å². The van der Waals surface area contributed by atoms with Crippen LogP contribution < -0.4 is 5.32 Å². The summed E-state index contributed by atoms with van der Waals surface area (Å²) in [5.41, 5.74) is 0. The van der Waals surface area contributed by atoms with Gasteiger partial charge in [-0.15, -0.1) is 0 Å². The first-order valence-corrected chi connectivity index (χ1v) is 15.7. The summed E-state index contributed by atoms with van der Waals surface area (Å²) >= 11 is 0. The van der Waals surface area contributed by atoms with Crippen molar-refractivity contribution in [2.24, 2.45) is 0 Å². The van der Waals surface area contributed by atoms with Crippen molar-refractivity contribution >= 4 is 17.8 Å². The fourth-order valence-corrected chi connectivity index (χ4v) is 4.74. The van der Waals surface area contributed by atoms with E-state index < -0.39 is 5.97 Å². The van der Waals surface area contributed by atoms with Gasteiger partial charge in [0.1, 0.15) is 12.6 Å². The number of hydrogen-bond acceptors (Lipinski definition) is 4. The highest BCUT2D eigenvalue weighted by Crippen LogP contribution is 2.16. The highest BCUT2D eigenvalue weighted by atomic mass is 16.5. The summed E-state index contributed by atoms with van der Waals surface area (Å²) in [6.45, 7) is 4.05. The van der Waals surface area contributed by atoms with Crippen molar-refractivity contribution < 1.29 is 24.2 Å². The van der Waals surface area contributed by atoms with Crippen LogP contribution in [0.2, 0.25) is 0 Å². The van der Waals surface area contributed by atoms with Crippen molar-refractivity contribution in [2.45, 2.75) is 174 Å². The van der Waals surface area contributed by atoms with Crippen molar-refractivity contribution in [2.75, 3.05) is 6.54 Å². The molecular weight excluding hydrogens is 466 g/mol. The molecule has 0 aromatic rings. The van der Waals surface area contributed by atoms with Crippen molar-refractivity contribution in [1.82, 2.24) is 5.32 Å². The second-order valence-electron chi connectivity index (χ2n) is 10.7. The third-order valence-corrected chi connectivity index (χ3v) is 7.01. The maximum atomic E-state index is 12.3. The number of esters is 1. The molecule has 218 valence electrons. The number of nitrogens with one attached hydrogen (secondary N) is 1. The monoisotopic (exact) mass is 525 g/mol. The van der Waals surface area contributed by atoms with Gasteiger partial charge in [0.25, 0.3) is 0 Å². The Balaban J connectivity index is 3.58. The summed E-state index contributed by atoms with van der Waals surface area (Å²) in [6, 6.07) is 0. The maximum Gasteiger partial charge on any atom is 0.322 e. The number of carboxylic acid groups (broad SMARTS) is 1. The van der Waals surface area contributed by atoms with E-state index >= 15 is 0 Å². The lowest BCUT2D eigenvalue weighted by Gasteiger charge is -2.17. The van der Waals surface area contributed by atoms with E-state index in [-0.39, 0.29) is 24.5 Å². The molecule has 0 fully saturated rings. The van der Waals surface area contributed by atoms with Crippen LogP contribution in [0.3, 0.4) is 0 Å². The summed E-state index contributed by atoms with van der Waals surface area (Å²) < 4.78 is 5.72. The predicted molar refractivity (Wildman–Crippen MR) is 153 cm³/mol. The van der Waals surface area contributed by atoms with Crippen molar-refractivity contribution in [3.8, 4) is 0 Å². The Morgan fingerprint density at radius 3 is 1.54 bits per heavy atom. The summed E-state index contributed by atoms with van der Waals surface area (Å²) in [6.07, 6.45) is 27.2. The molecule has 37 heavy (non-hydrogen) atoms. The lowest BCUT2D eigenvalue weighted by molar-refractivity contribution is -0.150. The molecule has 0 bridgehead atoms. The summed E-state index contributed by atoms with van der Waals surface area (Å²) in [5.74, 6) is -1.33. The van der Waals surface area contributed by atoms with E-state index in [1.165, 1.54) is 89.9 Å². The van der Waals surface area contributed by atoms with Crippen molar-refractivity contribution in [3.63, 3.8) is 0 Å². The number of rotatable bonds is 28. The van der Waals surface area contributed by atoms with Crippen LogP contribution >= 0.6 is 0 Å². The summed E-state index contributed by atoms with van der Waals surface area (Å²) in [4.78, 5) is 34.3. The molecule has 0 saturated heterocycles. The van der Waals surface area contributed by atoms with Crippen molar-refractivity contribution in [3.05, 3.63) is 0 Å². The Hall–Kier alpha value is -1.59. The Kier molecular flexibility index (Phi) is 26.3. The minimum Gasteiger partial charge on any atom is -0.480 e. The minimum atomic E-state index is -1.03. The number of carbonyl (C=O) groups is 3. The molecular formula is C31H59NO5. The van der Waals surface area contributed by atoms with E-state index in [0.29, 0.717) is 12.8 Å². The molecule has 0 heterocycles. The maximum absolute atomic E-state index is 12.3. The van der Waals surface area contributed by atoms with E-state index in [2.05, 4.69) is 19.2 Å². The van der Waals surface area contributed by atoms with E-state index in [1.807, 2.05) is 0 Å². The molecule has 1 unspecified atom stereocenters. The molecule has 0 aliphatic rings. The van der Waals surface area contributed by atoms with Gasteiger partial charge in [0.2, 0.25) is 5.91 Å². The van der Waals surface area contributed by atoms with E-state index in [4.69, 9.17) is 9.84 Å². The summed E-state index contributed by atoms with van der Waals surface area (Å²) in [7, 11) is 0. The van der Waals surface area contributed by atoms with Gasteiger partial charge >= 0.3 is 11.9 Å². The first kappa shape index (κ1) is 35.4. The molecule has 0 spiro atoms. The Morgan fingerprint density at radius 1 is 0.595 bits per heavy atom. The molecule has 0 aliphatic heterocycles. The Bertz CT molecular complexity index is 552. The molecule has 2 N–H and O–H groups in total. The van der Waals surface area contributed by atoms with Gasteiger partial charge in [-0.3, -0.25) is 14.4 Å². The molecule has 0 aromatic heterocycles. The highest BCUT2D eigenvalue weighted by molar-refractivity contribution is 5.80. The lowest BCUT2D eigenvalue weighted by atomic mass is 10.0. The first-order valence-electron chi connectivity index (χ1n) is 15.7. The third-order valence-electron chi connectivity index (χ3n) is 7.01. The normalized spacial score (nSPS) is 11.8. The number of aliphatic carboxylic acids is 1. The van der Waals surface area contributed by atoms with Gasteiger partial charge in [0, 0.05) is 12.8 Å². The average Bonchev–Trinajstić information content (AvgIpc) is 2.87. The number of amides is 1. The van der Waals surface area contributed by atoms with Crippen LogP contribution in [-0.4, -0.2) is 35.6 Å². The quantitative estimate of drug-likeness (QED) is 0.0789. The zero-order valence-electron chi connectivity index (χ0n) is 24.3. The number of carbonyl (C=O) groups excluding carboxylic acids is 2. The second-order valence-corrected chi connectivity index (χ2v) is 10.7. The number of hydrogen-bond donors (Lipinski definition) is 2. The van der Waals surface area contributed by atoms with Crippen LogP contribution in [0.15, 0.2) is 0 Å². The van der Waals surface area contributed by atoms with E-state index in [9.17, 15) is 14.4 Å². The van der Waals surface area contributed by atoms with Crippen LogP contribution in [0, 0.1) is 0 Å². The molecule has 0 aromatic carbocycles. The summed E-state index contributed by atoms with van der Waals surface area (Å²) in [5, 5.41) is 10.9. The first-order chi connectivity index (χ1) is 18.0. The molecule has 1 atom stereocenters. The highest BCUT2D eigenvalue weighted by Gasteiger charge is 2.13. The zero-order valence-corrected chi connectivity index (χ0v) is 24.3. The second kappa shape index (κ2) is 27.4. The lowest BCUT2D eigenvalue weighted by Crippen LogP contribution is -2.28. The van der Waals surface area contributed by atoms with Crippen LogP contribution in [0.5, 0.6) is 0 Å². The fourth-order valence-electron chi connectivity index (χ4n) is 4.74. The van der Waals surface area contributed by atoms with Crippen LogP contribution in [-0.2, 0) is 19.1 Å². The molecule has 0 rings (SSSR count). The Morgan fingerprint density at radius 2 is 1.05 bits per heavy atom. The molecule has 0 aliphatic carbocycles. The molecule has 0 radical (unpaired) electrons. The van der Waals surface area contributed by atoms with Gasteiger partial charge in [0.05, 0.1) is 0 Å². The van der Waals surface area contributed by atoms with Gasteiger partial charge in [0.15, 0.2) is 0 Å². The molecule has 6 heteroatoms. The predicted octanol–water partition coefficient (Wildman–Crippen LogP) is 8.50. The van der Waals surface area contributed by atoms with Gasteiger partial charge < -0.3 is 15.2 Å². The largest absolute Gasteiger partial charge is 0.480 e. The van der Waals surface area contributed by atoms with Gasteiger partial charge in [-0.2, -0.15) is 0 Å². The molecule has 6 nitrogen and oxygen atoms in total. The topological polar surface area (TPSA) is 92.7 Å². The van der Waals surface area contributed by atoms with Crippen molar-refractivity contribution in [1.29, 1.82) is 0 Å². The standard InChI is InChI=1S/C31H59NO5/c1-3-5-6-7-8-9-10-11-12-13-14-15-16-17-18-22-26-31(36)37-28(23-4-2)24-20-19-21-25-29(33)32-27-30(34)35/h28H,3-27H2,1-2H3,(H,32,33)(H,34,35). The van der Waals surface area contributed by atoms with Gasteiger partial charge in [-0.1, -0.05) is 123 Å². The average molecular weight is 526 g/mol. The number of carboxylic acids is 1. The SMILES string of the molecule is CCCCCCCCCCCCCCCCCCC(=O)OC(CCC)CCCCCC(=O)NCC(=O)O. The third kappa shape index (κ3) is 27.3. The molecule has 1 amide bonds. The van der Waals surface area contributed by atoms with Crippen LogP contribution in [0.25, 0.3) is 0 Å². The van der Waals surface area contributed by atoms with E-state index in [1.54, 1.807) is 0 Å². The Labute approximate surface area is 228 Å². The fraction of sp³-hybridized carbons (Fsp3) is 0.903. The smallest absolute Gasteiger partial charge is 0.322 e.